The van der Waals surface area contributed by atoms with Crippen molar-refractivity contribution in [1.29, 1.82) is 0 Å². The number of esters is 2. The molecule has 242 valence electrons. The Labute approximate surface area is 290 Å². The summed E-state index contributed by atoms with van der Waals surface area (Å²) >= 11 is 6.29. The first-order valence-corrected chi connectivity index (χ1v) is 14.9. The molecule has 23 heteroatoms. The molecule has 3 amide bonds. The Morgan fingerprint density at radius 3 is 2.39 bits per heavy atom. The average molecular weight is 713 g/mol. The number of nitro groups is 1. The predicted molar refractivity (Wildman–Crippen MR) is 150 cm³/mol. The third-order valence-electron chi connectivity index (χ3n) is 5.73. The molecule has 0 aliphatic carbocycles. The van der Waals surface area contributed by atoms with E-state index >= 15 is 0 Å². The van der Waals surface area contributed by atoms with Gasteiger partial charge in [-0.2, -0.15) is 0 Å². The fourth-order valence-corrected chi connectivity index (χ4v) is 5.04. The van der Waals surface area contributed by atoms with Gasteiger partial charge in [0.15, 0.2) is 27.2 Å². The first-order chi connectivity index (χ1) is 21.0. The molecule has 2 N–H and O–H groups in total. The van der Waals surface area contributed by atoms with Crippen molar-refractivity contribution in [2.75, 3.05) is 18.3 Å². The molecule has 1 saturated heterocycles. The zero-order valence-electron chi connectivity index (χ0n) is 24.2. The molecule has 0 saturated carbocycles. The summed E-state index contributed by atoms with van der Waals surface area (Å²) in [4.78, 5) is 81.8. The van der Waals surface area contributed by atoms with Crippen LogP contribution in [0.2, 0.25) is 0 Å². The Morgan fingerprint density at radius 2 is 1.85 bits per heavy atom. The van der Waals surface area contributed by atoms with Crippen LogP contribution in [0.15, 0.2) is 34.8 Å². The molecule has 0 bridgehead atoms. The number of benzene rings is 1. The van der Waals surface area contributed by atoms with Gasteiger partial charge in [0.25, 0.3) is 17.5 Å². The number of rotatable bonds is 13. The fourth-order valence-electron chi connectivity index (χ4n) is 3.45. The van der Waals surface area contributed by atoms with Gasteiger partial charge in [-0.3, -0.25) is 24.5 Å². The number of alkyl halides is 1. The van der Waals surface area contributed by atoms with Gasteiger partial charge in [-0.1, -0.05) is 5.16 Å². The molecule has 0 spiro atoms. The SMILES string of the molecule is COC(=O)[C@H]1[C@H](NC(=O)C(=NOC(C)(C)C(=O)OCc2ccc([N+](=O)[O-])cc2)c2csc(NC(=O)CCl)n2)C(=O)N1S(=O)(=O)[O-].[Na+]. The Balaban J connectivity index is 0.00000736. The van der Waals surface area contributed by atoms with Crippen molar-refractivity contribution in [3.8, 4) is 0 Å². The number of halogens is 1. The van der Waals surface area contributed by atoms with Crippen LogP contribution in [0.1, 0.15) is 25.1 Å². The number of nitrogens with zero attached hydrogens (tertiary/aromatic N) is 4. The van der Waals surface area contributed by atoms with Crippen molar-refractivity contribution in [2.45, 2.75) is 38.1 Å². The maximum absolute atomic E-state index is 13.3. The van der Waals surface area contributed by atoms with Crippen LogP contribution in [0.5, 0.6) is 0 Å². The molecule has 2 atom stereocenters. The van der Waals surface area contributed by atoms with E-state index < -0.39 is 74.2 Å². The molecule has 3 rings (SSSR count). The third kappa shape index (κ3) is 9.18. The van der Waals surface area contributed by atoms with Crippen molar-refractivity contribution in [3.63, 3.8) is 0 Å². The molecule has 1 aromatic carbocycles. The van der Waals surface area contributed by atoms with Gasteiger partial charge in [-0.15, -0.1) is 22.9 Å². The van der Waals surface area contributed by atoms with Gasteiger partial charge in [-0.25, -0.2) is 27.3 Å². The van der Waals surface area contributed by atoms with E-state index in [0.29, 0.717) is 5.56 Å². The number of methoxy groups -OCH3 is 1. The molecule has 1 aliphatic rings. The Hall–Kier alpha value is -3.73. The number of thiazole rings is 1. The molecule has 46 heavy (non-hydrogen) atoms. The number of oxime groups is 1. The smallest absolute Gasteiger partial charge is 0.731 e. The topological polar surface area (TPSA) is 266 Å². The van der Waals surface area contributed by atoms with E-state index in [0.717, 1.165) is 18.4 Å². The summed E-state index contributed by atoms with van der Waals surface area (Å²) in [6.07, 6.45) is 0. The maximum atomic E-state index is 13.3. The molecule has 0 radical (unpaired) electrons. The van der Waals surface area contributed by atoms with E-state index in [2.05, 4.69) is 25.5 Å². The summed E-state index contributed by atoms with van der Waals surface area (Å²) in [7, 11) is -4.60. The van der Waals surface area contributed by atoms with Gasteiger partial charge < -0.3 is 29.5 Å². The minimum Gasteiger partial charge on any atom is -0.731 e. The Morgan fingerprint density at radius 1 is 1.22 bits per heavy atom. The number of β-lactam (4-membered cyclic amide) rings is 1. The van der Waals surface area contributed by atoms with Crippen LogP contribution in [0.4, 0.5) is 10.8 Å². The summed E-state index contributed by atoms with van der Waals surface area (Å²) in [5.74, 6) is -6.11. The van der Waals surface area contributed by atoms with Crippen LogP contribution in [-0.2, 0) is 55.2 Å². The van der Waals surface area contributed by atoms with Gasteiger partial charge in [0, 0.05) is 17.5 Å². The zero-order valence-corrected chi connectivity index (χ0v) is 28.6. The molecular weight excluding hydrogens is 691 g/mol. The van der Waals surface area contributed by atoms with Crippen molar-refractivity contribution >= 4 is 79.4 Å². The number of hydrogen-bond acceptors (Lipinski definition) is 16. The number of anilines is 1. The Kier molecular flexibility index (Phi) is 13.1. The molecule has 1 aromatic heterocycles. The summed E-state index contributed by atoms with van der Waals surface area (Å²) in [5.41, 5.74) is -2.64. The molecular formula is C23H22ClN6NaO13S2. The van der Waals surface area contributed by atoms with Crippen LogP contribution < -0.4 is 40.2 Å². The predicted octanol–water partition coefficient (Wildman–Crippen LogP) is -3.20. The molecule has 1 fully saturated rings. The molecule has 2 heterocycles. The number of nitro benzene ring substituents is 1. The van der Waals surface area contributed by atoms with Crippen LogP contribution in [0, 0.1) is 10.1 Å². The fraction of sp³-hybridized carbons (Fsp3) is 0.348. The second-order valence-corrected chi connectivity index (χ2v) is 11.6. The van der Waals surface area contributed by atoms with Crippen LogP contribution >= 0.6 is 22.9 Å². The number of nitrogens with one attached hydrogen (secondary N) is 2. The summed E-state index contributed by atoms with van der Waals surface area (Å²) in [6, 6.07) is 1.24. The van der Waals surface area contributed by atoms with Gasteiger partial charge in [-0.05, 0) is 31.5 Å². The molecule has 2 aromatic rings. The van der Waals surface area contributed by atoms with E-state index in [1.165, 1.54) is 43.5 Å². The average Bonchev–Trinajstić information content (AvgIpc) is 3.43. The standard InChI is InChI=1S/C23H23ClN6O13S2.Na/c1-23(2,21(35)42-9-11-4-6-12(7-5-11)30(36)37)43-28-15(13-10-44-22(25-13)26-14(31)8-24)18(32)27-16-17(20(34)41-3)29(19(16)33)45(38,39)40;/h4-7,10,16-17H,8-9H2,1-3H3,(H,27,32)(H,25,26,31)(H,38,39,40);/q;+1/p-1/t16-,17+;/m0./s1. The number of non-ortho nitro benzene ring substituents is 1. The number of ether oxygens (including phenoxy) is 2. The zero-order chi connectivity index (χ0) is 33.7. The number of carbonyl (C=O) groups is 5. The van der Waals surface area contributed by atoms with E-state index in [-0.39, 0.29) is 57.0 Å². The van der Waals surface area contributed by atoms with Crippen molar-refractivity contribution in [3.05, 3.63) is 51.0 Å². The summed E-state index contributed by atoms with van der Waals surface area (Å²) in [5, 5.41) is 20.1. The molecule has 19 nitrogen and oxygen atoms in total. The minimum atomic E-state index is -5.46. The second-order valence-electron chi connectivity index (χ2n) is 9.27. The molecule has 1 aliphatic heterocycles. The monoisotopic (exact) mass is 712 g/mol. The van der Waals surface area contributed by atoms with Crippen LogP contribution in [0.25, 0.3) is 0 Å². The van der Waals surface area contributed by atoms with E-state index in [1.807, 2.05) is 0 Å². The second kappa shape index (κ2) is 15.7. The first-order valence-electron chi connectivity index (χ1n) is 12.2. The normalized spacial score (nSPS) is 16.3. The van der Waals surface area contributed by atoms with Gasteiger partial charge >= 0.3 is 41.5 Å². The van der Waals surface area contributed by atoms with Crippen LogP contribution in [0.3, 0.4) is 0 Å². The van der Waals surface area contributed by atoms with Crippen molar-refractivity contribution in [2.24, 2.45) is 5.16 Å². The van der Waals surface area contributed by atoms with Gasteiger partial charge in [0.1, 0.15) is 24.2 Å². The number of carbonyl (C=O) groups excluding carboxylic acids is 5. The maximum Gasteiger partial charge on any atom is 1.00 e. The third-order valence-corrected chi connectivity index (χ3v) is 7.61. The minimum absolute atomic E-state index is 0. The number of amides is 3. The van der Waals surface area contributed by atoms with Crippen molar-refractivity contribution in [1.82, 2.24) is 14.6 Å². The summed E-state index contributed by atoms with van der Waals surface area (Å²) in [6.45, 7) is 2.13. The van der Waals surface area contributed by atoms with E-state index in [1.54, 1.807) is 0 Å². The number of hydrogen-bond donors (Lipinski definition) is 2. The largest absolute Gasteiger partial charge is 1.00 e. The summed E-state index contributed by atoms with van der Waals surface area (Å²) < 4.78 is 43.8. The van der Waals surface area contributed by atoms with E-state index in [4.69, 9.17) is 21.2 Å². The Bertz CT molecular complexity index is 1670. The number of aromatic nitrogens is 1. The quantitative estimate of drug-likeness (QED) is 0.0303. The van der Waals surface area contributed by atoms with Gasteiger partial charge in [0.2, 0.25) is 11.5 Å². The molecule has 0 unspecified atom stereocenters. The van der Waals surface area contributed by atoms with Crippen molar-refractivity contribution < 1.29 is 85.7 Å². The first kappa shape index (κ1) is 38.5. The van der Waals surface area contributed by atoms with Gasteiger partial charge in [0.05, 0.1) is 12.0 Å². The van der Waals surface area contributed by atoms with E-state index in [9.17, 15) is 47.1 Å². The van der Waals surface area contributed by atoms with Crippen LogP contribution in [-0.4, -0.2) is 93.2 Å².